The molecule has 3 nitrogen and oxygen atoms in total. The van der Waals surface area contributed by atoms with Gasteiger partial charge >= 0.3 is 5.97 Å². The van der Waals surface area contributed by atoms with Crippen molar-refractivity contribution in [1.82, 2.24) is 0 Å². The fourth-order valence-electron chi connectivity index (χ4n) is 1.45. The number of rotatable bonds is 3. The van der Waals surface area contributed by atoms with Crippen LogP contribution in [0.2, 0.25) is 0 Å². The Morgan fingerprint density at radius 3 is 2.86 bits per heavy atom. The molecule has 0 aromatic heterocycles. The predicted octanol–water partition coefficient (Wildman–Crippen LogP) is 0.368. The lowest BCUT2D eigenvalue weighted by molar-refractivity contribution is -0.147. The van der Waals surface area contributed by atoms with Gasteiger partial charge < -0.3 is 9.47 Å². The zero-order valence-corrected chi connectivity index (χ0v) is 11.0. The third-order valence-corrected chi connectivity index (χ3v) is 3.48. The van der Waals surface area contributed by atoms with E-state index >= 15 is 0 Å². The number of carbonyl (C=O) groups is 1. The smallest absolute Gasteiger partial charge is 0.333 e. The topological polar surface area (TPSA) is 35.5 Å². The highest BCUT2D eigenvalue weighted by atomic mass is 28.1. The molecular weight excluding hydrogens is 196 g/mol. The van der Waals surface area contributed by atoms with Gasteiger partial charge in [0.15, 0.2) is 0 Å². The average molecular weight is 214 g/mol. The highest BCUT2D eigenvalue weighted by molar-refractivity contribution is 6.14. The van der Waals surface area contributed by atoms with Crippen LogP contribution in [0.5, 0.6) is 0 Å². The molecular formula is C10H18O3Si. The molecule has 1 fully saturated rings. The molecule has 0 spiro atoms. The summed E-state index contributed by atoms with van der Waals surface area (Å²) < 4.78 is 10.8. The molecule has 0 bridgehead atoms. The van der Waals surface area contributed by atoms with Crippen LogP contribution < -0.4 is 0 Å². The van der Waals surface area contributed by atoms with E-state index < -0.39 is 0 Å². The van der Waals surface area contributed by atoms with E-state index in [1.165, 1.54) is 6.42 Å². The summed E-state index contributed by atoms with van der Waals surface area (Å²) in [5.41, 5.74) is 0.450. The summed E-state index contributed by atoms with van der Waals surface area (Å²) in [4.78, 5) is 11.2. The van der Waals surface area contributed by atoms with Crippen molar-refractivity contribution in [3.63, 3.8) is 0 Å². The van der Waals surface area contributed by atoms with E-state index in [9.17, 15) is 4.79 Å². The molecule has 0 aromatic carbocycles. The van der Waals surface area contributed by atoms with Crippen molar-refractivity contribution in [1.29, 1.82) is 0 Å². The molecule has 80 valence electrons. The van der Waals surface area contributed by atoms with Crippen LogP contribution in [0.3, 0.4) is 0 Å². The molecule has 0 aromatic rings. The second-order valence-electron chi connectivity index (χ2n) is 4.11. The van der Waals surface area contributed by atoms with Crippen molar-refractivity contribution in [2.45, 2.75) is 31.4 Å². The summed E-state index contributed by atoms with van der Waals surface area (Å²) >= 11 is 0. The van der Waals surface area contributed by atoms with Gasteiger partial charge in [-0.05, 0) is 26.2 Å². The third-order valence-electron chi connectivity index (χ3n) is 2.41. The molecule has 14 heavy (non-hydrogen) atoms. The average Bonchev–Trinajstić information content (AvgIpc) is 2.15. The standard InChI is InChI=1S/C10H18O3Si/c1-8(2)9(11)12-7-10(14)5-3-4-6-13-10/h1,3-7H2,2,14H3. The quantitative estimate of drug-likeness (QED) is 0.387. The third kappa shape index (κ3) is 3.27. The Morgan fingerprint density at radius 2 is 2.36 bits per heavy atom. The van der Waals surface area contributed by atoms with Crippen LogP contribution in [-0.4, -0.2) is 34.6 Å². The molecule has 1 heterocycles. The van der Waals surface area contributed by atoms with Crippen molar-refractivity contribution >= 4 is 16.2 Å². The zero-order valence-electron chi connectivity index (χ0n) is 8.97. The van der Waals surface area contributed by atoms with Crippen LogP contribution in [0.25, 0.3) is 0 Å². The molecule has 0 amide bonds. The zero-order chi connectivity index (χ0) is 10.6. The van der Waals surface area contributed by atoms with Crippen LogP contribution in [0.15, 0.2) is 12.2 Å². The summed E-state index contributed by atoms with van der Waals surface area (Å²) in [6.45, 7) is 6.39. The van der Waals surface area contributed by atoms with Crippen LogP contribution in [-0.2, 0) is 14.3 Å². The first-order valence-electron chi connectivity index (χ1n) is 5.00. The Balaban J connectivity index is 2.35. The highest BCUT2D eigenvalue weighted by Crippen LogP contribution is 2.22. The van der Waals surface area contributed by atoms with Crippen molar-refractivity contribution in [2.75, 3.05) is 13.2 Å². The molecule has 1 aliphatic heterocycles. The molecule has 0 saturated carbocycles. The molecule has 1 unspecified atom stereocenters. The molecule has 1 saturated heterocycles. The fraction of sp³-hybridized carbons (Fsp3) is 0.700. The monoisotopic (exact) mass is 214 g/mol. The van der Waals surface area contributed by atoms with Gasteiger partial charge in [0.2, 0.25) is 0 Å². The first kappa shape index (κ1) is 11.5. The van der Waals surface area contributed by atoms with E-state index in [1.54, 1.807) is 6.92 Å². The van der Waals surface area contributed by atoms with Gasteiger partial charge in [-0.25, -0.2) is 4.79 Å². The SMILES string of the molecule is C=C(C)C(=O)OCC1([SiH3])CCCCO1. The van der Waals surface area contributed by atoms with E-state index in [-0.39, 0.29) is 11.2 Å². The Bertz CT molecular complexity index is 232. The van der Waals surface area contributed by atoms with Crippen LogP contribution >= 0.6 is 0 Å². The molecule has 0 aliphatic carbocycles. The van der Waals surface area contributed by atoms with Gasteiger partial charge in [-0.1, -0.05) is 6.58 Å². The van der Waals surface area contributed by atoms with Crippen LogP contribution in [0.1, 0.15) is 26.2 Å². The van der Waals surface area contributed by atoms with Gasteiger partial charge in [0.25, 0.3) is 0 Å². The van der Waals surface area contributed by atoms with Crippen molar-refractivity contribution in [3.8, 4) is 0 Å². The molecule has 1 atom stereocenters. The Hall–Kier alpha value is -0.613. The van der Waals surface area contributed by atoms with Crippen molar-refractivity contribution in [2.24, 2.45) is 0 Å². The number of carbonyl (C=O) groups excluding carboxylic acids is 1. The Morgan fingerprint density at radius 1 is 1.64 bits per heavy atom. The molecule has 0 N–H and O–H groups in total. The molecule has 1 rings (SSSR count). The van der Waals surface area contributed by atoms with E-state index in [4.69, 9.17) is 9.47 Å². The lowest BCUT2D eigenvalue weighted by Gasteiger charge is -2.33. The summed E-state index contributed by atoms with van der Waals surface area (Å²) in [6, 6.07) is 0. The molecule has 4 heteroatoms. The van der Waals surface area contributed by atoms with Gasteiger partial charge in [0.1, 0.15) is 6.61 Å². The normalized spacial score (nSPS) is 27.2. The number of esters is 1. The number of ether oxygens (including phenoxy) is 2. The first-order valence-corrected chi connectivity index (χ1v) is 6.00. The predicted molar refractivity (Wildman–Crippen MR) is 58.2 cm³/mol. The van der Waals surface area contributed by atoms with E-state index in [0.29, 0.717) is 12.2 Å². The summed E-state index contributed by atoms with van der Waals surface area (Å²) in [6.07, 6.45) is 3.31. The van der Waals surface area contributed by atoms with Crippen molar-refractivity contribution in [3.05, 3.63) is 12.2 Å². The van der Waals surface area contributed by atoms with Crippen LogP contribution in [0, 0.1) is 0 Å². The lowest BCUT2D eigenvalue weighted by Crippen LogP contribution is -2.42. The maximum absolute atomic E-state index is 11.2. The van der Waals surface area contributed by atoms with E-state index in [1.807, 2.05) is 0 Å². The minimum Gasteiger partial charge on any atom is -0.460 e. The Labute approximate surface area is 87.9 Å². The van der Waals surface area contributed by atoms with E-state index in [2.05, 4.69) is 6.58 Å². The Kier molecular flexibility index (Phi) is 3.89. The maximum Gasteiger partial charge on any atom is 0.333 e. The summed E-state index contributed by atoms with van der Waals surface area (Å²) in [7, 11) is 0.902. The highest BCUT2D eigenvalue weighted by Gasteiger charge is 2.29. The van der Waals surface area contributed by atoms with Crippen molar-refractivity contribution < 1.29 is 14.3 Å². The van der Waals surface area contributed by atoms with Gasteiger partial charge in [0.05, 0.1) is 5.22 Å². The number of hydrogen-bond donors (Lipinski definition) is 0. The van der Waals surface area contributed by atoms with Gasteiger partial charge in [-0.15, -0.1) is 0 Å². The van der Waals surface area contributed by atoms with E-state index in [0.717, 1.165) is 29.7 Å². The second-order valence-corrected chi connectivity index (χ2v) is 5.93. The largest absolute Gasteiger partial charge is 0.460 e. The summed E-state index contributed by atoms with van der Waals surface area (Å²) in [5, 5.41) is -0.149. The van der Waals surface area contributed by atoms with Gasteiger partial charge in [-0.2, -0.15) is 0 Å². The molecule has 0 radical (unpaired) electrons. The second kappa shape index (κ2) is 4.75. The molecule has 1 aliphatic rings. The fourth-order valence-corrected chi connectivity index (χ4v) is 2.15. The van der Waals surface area contributed by atoms with Crippen LogP contribution in [0.4, 0.5) is 0 Å². The van der Waals surface area contributed by atoms with Gasteiger partial charge in [0, 0.05) is 22.4 Å². The summed E-state index contributed by atoms with van der Waals surface area (Å²) in [5.74, 6) is -0.311. The maximum atomic E-state index is 11.2. The lowest BCUT2D eigenvalue weighted by atomic mass is 10.1. The van der Waals surface area contributed by atoms with Gasteiger partial charge in [-0.3, -0.25) is 0 Å². The number of hydrogen-bond acceptors (Lipinski definition) is 3. The minimum absolute atomic E-state index is 0.149. The minimum atomic E-state index is -0.311. The first-order chi connectivity index (χ1) is 6.53.